The lowest BCUT2D eigenvalue weighted by molar-refractivity contribution is -0.213. The normalized spacial score (nSPS) is 36.6. The molecule has 4 aliphatic carbocycles. The van der Waals surface area contributed by atoms with Gasteiger partial charge in [-0.1, -0.05) is 13.8 Å². The number of pyridine rings is 1. The first kappa shape index (κ1) is 18.5. The van der Waals surface area contributed by atoms with Gasteiger partial charge in [-0.15, -0.1) is 0 Å². The van der Waals surface area contributed by atoms with Crippen molar-refractivity contribution in [1.29, 1.82) is 0 Å². The van der Waals surface area contributed by atoms with Gasteiger partial charge in [0.15, 0.2) is 5.75 Å². The molecule has 1 aromatic rings. The van der Waals surface area contributed by atoms with Crippen LogP contribution in [0, 0.1) is 16.7 Å². The van der Waals surface area contributed by atoms with Gasteiger partial charge in [0.2, 0.25) is 5.43 Å². The highest BCUT2D eigenvalue weighted by atomic mass is 16.5. The molecule has 0 saturated heterocycles. The van der Waals surface area contributed by atoms with E-state index in [0.717, 1.165) is 25.2 Å². The molecule has 6 heteroatoms. The largest absolute Gasteiger partial charge is 0.491 e. The van der Waals surface area contributed by atoms with Crippen LogP contribution in [0.2, 0.25) is 0 Å². The van der Waals surface area contributed by atoms with Gasteiger partial charge in [-0.2, -0.15) is 0 Å². The average Bonchev–Trinajstić information content (AvgIpc) is 2.55. The number of rotatable bonds is 6. The number of hydrogen-bond acceptors (Lipinski definition) is 4. The van der Waals surface area contributed by atoms with Crippen LogP contribution in [0.5, 0.6) is 5.75 Å². The summed E-state index contributed by atoms with van der Waals surface area (Å²) in [5, 5.41) is 2.84. The number of carbonyl (C=O) groups excluding carboxylic acids is 1. The van der Waals surface area contributed by atoms with Gasteiger partial charge in [0, 0.05) is 18.8 Å². The second kappa shape index (κ2) is 6.36. The summed E-state index contributed by atoms with van der Waals surface area (Å²) in [7, 11) is 1.42. The smallest absolute Gasteiger partial charge is 0.267 e. The van der Waals surface area contributed by atoms with Crippen molar-refractivity contribution in [2.75, 3.05) is 20.3 Å². The molecular formula is C21H30N2O4. The summed E-state index contributed by atoms with van der Waals surface area (Å²) in [5.74, 6) is 0.677. The average molecular weight is 374 g/mol. The van der Waals surface area contributed by atoms with Gasteiger partial charge in [0.1, 0.15) is 5.69 Å². The lowest BCUT2D eigenvalue weighted by Crippen LogP contribution is -2.59. The molecule has 1 amide bonds. The molecule has 1 heterocycles. The van der Waals surface area contributed by atoms with Crippen LogP contribution in [0.3, 0.4) is 0 Å². The quantitative estimate of drug-likeness (QED) is 0.751. The summed E-state index contributed by atoms with van der Waals surface area (Å²) in [6.07, 6.45) is 8.87. The van der Waals surface area contributed by atoms with Crippen LogP contribution < -0.4 is 15.5 Å². The molecule has 148 valence electrons. The molecule has 0 aromatic carbocycles. The van der Waals surface area contributed by atoms with Crippen molar-refractivity contribution in [2.24, 2.45) is 16.7 Å². The van der Waals surface area contributed by atoms with Crippen molar-refractivity contribution in [3.8, 4) is 5.75 Å². The van der Waals surface area contributed by atoms with Crippen molar-refractivity contribution in [2.45, 2.75) is 58.0 Å². The van der Waals surface area contributed by atoms with Crippen LogP contribution >= 0.6 is 0 Å². The number of aromatic nitrogens is 1. The molecule has 0 unspecified atom stereocenters. The van der Waals surface area contributed by atoms with E-state index in [-0.39, 0.29) is 28.4 Å². The van der Waals surface area contributed by atoms with Gasteiger partial charge in [-0.05, 0) is 55.3 Å². The Bertz CT molecular complexity index is 784. The number of nitrogens with one attached hydrogen (secondary N) is 2. The molecule has 27 heavy (non-hydrogen) atoms. The maximum absolute atomic E-state index is 12.2. The second-order valence-corrected chi connectivity index (χ2v) is 9.70. The number of H-pyrrole nitrogens is 1. The predicted molar refractivity (Wildman–Crippen MR) is 102 cm³/mol. The molecule has 0 aliphatic heterocycles. The zero-order chi connectivity index (χ0) is 19.3. The third-order valence-corrected chi connectivity index (χ3v) is 6.71. The molecule has 0 spiro atoms. The number of carbonyl (C=O) groups is 1. The van der Waals surface area contributed by atoms with Crippen molar-refractivity contribution in [3.05, 3.63) is 28.2 Å². The monoisotopic (exact) mass is 374 g/mol. The highest BCUT2D eigenvalue weighted by molar-refractivity contribution is 5.92. The molecule has 4 aliphatic rings. The maximum atomic E-state index is 12.2. The van der Waals surface area contributed by atoms with E-state index in [1.54, 1.807) is 0 Å². The first-order valence-electron chi connectivity index (χ1n) is 9.93. The summed E-state index contributed by atoms with van der Waals surface area (Å²) >= 11 is 0. The minimum Gasteiger partial charge on any atom is -0.491 e. The molecule has 4 bridgehead atoms. The van der Waals surface area contributed by atoms with Gasteiger partial charge in [0.25, 0.3) is 5.91 Å². The molecule has 2 atom stereocenters. The standard InChI is InChI=1S/C21H30N2O4/c1-19-7-14-8-20(2,11-19)13-21(9-14,12-19)27-5-4-22-18(25)15-6-16(24)17(26-3)10-23-15/h6,10,14H,4-5,7-9,11-13H2,1-3H3,(H,22,25)(H,23,24)/t14?,19-,20-,21?/m1/s1. The third-order valence-electron chi connectivity index (χ3n) is 6.71. The Morgan fingerprint density at radius 3 is 2.52 bits per heavy atom. The van der Waals surface area contributed by atoms with Crippen LogP contribution in [0.15, 0.2) is 17.1 Å². The van der Waals surface area contributed by atoms with Gasteiger partial charge in [-0.3, -0.25) is 9.59 Å². The Labute approximate surface area is 160 Å². The molecule has 4 saturated carbocycles. The Morgan fingerprint density at radius 2 is 1.93 bits per heavy atom. The van der Waals surface area contributed by atoms with Crippen LogP contribution in [0.25, 0.3) is 0 Å². The van der Waals surface area contributed by atoms with Gasteiger partial charge < -0.3 is 19.8 Å². The molecule has 4 fully saturated rings. The molecule has 2 N–H and O–H groups in total. The minimum atomic E-state index is -0.312. The van der Waals surface area contributed by atoms with E-state index in [2.05, 4.69) is 24.1 Å². The molecular weight excluding hydrogens is 344 g/mol. The Kier molecular flexibility index (Phi) is 4.37. The van der Waals surface area contributed by atoms with Crippen LogP contribution in [-0.2, 0) is 4.74 Å². The van der Waals surface area contributed by atoms with E-state index in [1.165, 1.54) is 38.6 Å². The number of hydrogen-bond donors (Lipinski definition) is 2. The second-order valence-electron chi connectivity index (χ2n) is 9.70. The highest BCUT2D eigenvalue weighted by Gasteiger charge is 2.60. The fourth-order valence-corrected chi connectivity index (χ4v) is 6.78. The van der Waals surface area contributed by atoms with Gasteiger partial charge >= 0.3 is 0 Å². The molecule has 6 nitrogen and oxygen atoms in total. The van der Waals surface area contributed by atoms with Gasteiger partial charge in [-0.25, -0.2) is 0 Å². The fourth-order valence-electron chi connectivity index (χ4n) is 6.78. The topological polar surface area (TPSA) is 80.4 Å². The van der Waals surface area contributed by atoms with E-state index in [4.69, 9.17) is 9.47 Å². The summed E-state index contributed by atoms with van der Waals surface area (Å²) in [4.78, 5) is 26.8. The fraction of sp³-hybridized carbons (Fsp3) is 0.714. The van der Waals surface area contributed by atoms with Crippen LogP contribution in [-0.4, -0.2) is 36.8 Å². The Morgan fingerprint density at radius 1 is 1.22 bits per heavy atom. The van der Waals surface area contributed by atoms with E-state index in [9.17, 15) is 9.59 Å². The van der Waals surface area contributed by atoms with Crippen molar-refractivity contribution in [3.63, 3.8) is 0 Å². The van der Waals surface area contributed by atoms with E-state index in [0.29, 0.717) is 24.0 Å². The predicted octanol–water partition coefficient (Wildman–Crippen LogP) is 2.88. The van der Waals surface area contributed by atoms with E-state index < -0.39 is 0 Å². The summed E-state index contributed by atoms with van der Waals surface area (Å²) < 4.78 is 11.3. The minimum absolute atomic E-state index is 0.0118. The zero-order valence-corrected chi connectivity index (χ0v) is 16.5. The lowest BCUT2D eigenvalue weighted by Gasteiger charge is -2.65. The number of aromatic amines is 1. The third kappa shape index (κ3) is 3.51. The summed E-state index contributed by atoms with van der Waals surface area (Å²) in [6.45, 7) is 5.79. The number of methoxy groups -OCH3 is 1. The van der Waals surface area contributed by atoms with Crippen LogP contribution in [0.4, 0.5) is 0 Å². The van der Waals surface area contributed by atoms with E-state index in [1.807, 2.05) is 0 Å². The first-order chi connectivity index (χ1) is 12.7. The molecule has 1 aromatic heterocycles. The maximum Gasteiger partial charge on any atom is 0.267 e. The summed E-state index contributed by atoms with van der Waals surface area (Å²) in [5.41, 5.74) is 0.741. The SMILES string of the molecule is COc1c[nH]c(C(=O)NCCOC23CC4C[C@@](C)(C2)C[C@@](C)(C4)C3)cc1=O. The van der Waals surface area contributed by atoms with E-state index >= 15 is 0 Å². The number of amides is 1. The van der Waals surface area contributed by atoms with Crippen molar-refractivity contribution in [1.82, 2.24) is 10.3 Å². The summed E-state index contributed by atoms with van der Waals surface area (Å²) in [6, 6.07) is 1.26. The Hall–Kier alpha value is -1.82. The van der Waals surface area contributed by atoms with Crippen molar-refractivity contribution >= 4 is 5.91 Å². The van der Waals surface area contributed by atoms with Crippen molar-refractivity contribution < 1.29 is 14.3 Å². The van der Waals surface area contributed by atoms with Gasteiger partial charge in [0.05, 0.1) is 19.3 Å². The molecule has 0 radical (unpaired) electrons. The Balaban J connectivity index is 1.32. The lowest BCUT2D eigenvalue weighted by atomic mass is 9.43. The number of ether oxygens (including phenoxy) is 2. The van der Waals surface area contributed by atoms with Crippen LogP contribution in [0.1, 0.15) is 62.9 Å². The first-order valence-corrected chi connectivity index (χ1v) is 9.93. The zero-order valence-electron chi connectivity index (χ0n) is 16.5. The highest BCUT2D eigenvalue weighted by Crippen LogP contribution is 2.67. The molecule has 5 rings (SSSR count).